The number of rotatable bonds is 2. The quantitative estimate of drug-likeness (QED) is 0.854. The molecule has 0 radical (unpaired) electrons. The van der Waals surface area contributed by atoms with Crippen molar-refractivity contribution in [1.82, 2.24) is 9.55 Å². The minimum Gasteiger partial charge on any atom is -0.359 e. The van der Waals surface area contributed by atoms with Crippen LogP contribution >= 0.6 is 0 Å². The number of imidazole rings is 1. The summed E-state index contributed by atoms with van der Waals surface area (Å²) >= 11 is 0. The van der Waals surface area contributed by atoms with Gasteiger partial charge in [-0.1, -0.05) is 24.3 Å². The lowest BCUT2D eigenvalue weighted by Gasteiger charge is -2.26. The van der Waals surface area contributed by atoms with Crippen LogP contribution in [0.2, 0.25) is 0 Å². The summed E-state index contributed by atoms with van der Waals surface area (Å²) in [5, 5.41) is 3.15. The molecule has 3 nitrogen and oxygen atoms in total. The second-order valence-corrected chi connectivity index (χ2v) is 4.57. The number of nitrogens with one attached hydrogen (secondary N) is 1. The topological polar surface area (TPSA) is 29.9 Å². The summed E-state index contributed by atoms with van der Waals surface area (Å²) in [5.74, 6) is 0.967. The van der Waals surface area contributed by atoms with Crippen LogP contribution in [0.4, 0.5) is 5.95 Å². The number of hydrogen-bond acceptors (Lipinski definition) is 2. The van der Waals surface area contributed by atoms with E-state index >= 15 is 0 Å². The number of benzene rings is 1. The lowest BCUT2D eigenvalue weighted by atomic mass is 9.88. The monoisotopic (exact) mass is 227 g/mol. The van der Waals surface area contributed by atoms with Gasteiger partial charge >= 0.3 is 0 Å². The zero-order chi connectivity index (χ0) is 11.7. The summed E-state index contributed by atoms with van der Waals surface area (Å²) in [7, 11) is 1.93. The lowest BCUT2D eigenvalue weighted by molar-refractivity contribution is 0.446. The largest absolute Gasteiger partial charge is 0.359 e. The van der Waals surface area contributed by atoms with Crippen molar-refractivity contribution in [2.45, 2.75) is 25.3 Å². The predicted octanol–water partition coefficient (Wildman–Crippen LogP) is 2.65. The molecule has 0 aliphatic heterocycles. The van der Waals surface area contributed by atoms with Crippen molar-refractivity contribution in [3.05, 3.63) is 47.8 Å². The Hall–Kier alpha value is -1.77. The van der Waals surface area contributed by atoms with E-state index in [1.807, 2.05) is 13.2 Å². The van der Waals surface area contributed by atoms with E-state index in [0.717, 1.165) is 12.4 Å². The third-order valence-corrected chi connectivity index (χ3v) is 3.61. The number of aryl methyl sites for hydroxylation is 1. The highest BCUT2D eigenvalue weighted by molar-refractivity contribution is 5.32. The highest BCUT2D eigenvalue weighted by Gasteiger charge is 2.20. The van der Waals surface area contributed by atoms with E-state index in [1.165, 1.54) is 24.0 Å². The van der Waals surface area contributed by atoms with Crippen LogP contribution in [0.3, 0.4) is 0 Å². The van der Waals surface area contributed by atoms with Crippen molar-refractivity contribution in [3.8, 4) is 0 Å². The smallest absolute Gasteiger partial charge is 0.202 e. The minimum absolute atomic E-state index is 0.537. The van der Waals surface area contributed by atoms with E-state index in [0.29, 0.717) is 6.04 Å². The third-order valence-electron chi connectivity index (χ3n) is 3.61. The van der Waals surface area contributed by atoms with Crippen LogP contribution in [0.15, 0.2) is 36.7 Å². The molecule has 0 saturated heterocycles. The Morgan fingerprint density at radius 3 is 2.94 bits per heavy atom. The molecule has 0 spiro atoms. The van der Waals surface area contributed by atoms with E-state index in [1.54, 1.807) is 0 Å². The Bertz CT molecular complexity index is 516. The molecule has 1 aromatic heterocycles. The van der Waals surface area contributed by atoms with Gasteiger partial charge in [0.25, 0.3) is 0 Å². The summed E-state index contributed by atoms with van der Waals surface area (Å²) < 4.78 is 2.26. The van der Waals surface area contributed by atoms with Gasteiger partial charge < -0.3 is 9.88 Å². The first-order valence-electron chi connectivity index (χ1n) is 6.16. The second-order valence-electron chi connectivity index (χ2n) is 4.57. The van der Waals surface area contributed by atoms with Crippen molar-refractivity contribution >= 4 is 5.95 Å². The van der Waals surface area contributed by atoms with Gasteiger partial charge in [0, 0.05) is 25.5 Å². The molecule has 2 aromatic rings. The van der Waals surface area contributed by atoms with Crippen LogP contribution in [0.1, 0.15) is 23.6 Å². The van der Waals surface area contributed by atoms with E-state index in [9.17, 15) is 0 Å². The van der Waals surface area contributed by atoms with Crippen LogP contribution in [-0.4, -0.2) is 16.6 Å². The fourth-order valence-corrected chi connectivity index (χ4v) is 2.72. The summed E-state index contributed by atoms with van der Waals surface area (Å²) in [6.07, 6.45) is 7.42. The first-order chi connectivity index (χ1) is 8.38. The standard InChI is InChI=1S/C14H17N3/c1-15-14-16-8-9-17(14)13-7-6-11-4-2-3-5-12(11)10-13/h2-5,8-9,13H,6-7,10H2,1H3,(H,15,16). The molecule has 0 fully saturated rings. The van der Waals surface area contributed by atoms with Gasteiger partial charge in [-0.05, 0) is 30.4 Å². The van der Waals surface area contributed by atoms with Crippen LogP contribution < -0.4 is 5.32 Å². The molecule has 0 amide bonds. The van der Waals surface area contributed by atoms with Gasteiger partial charge in [-0.3, -0.25) is 0 Å². The molecule has 1 N–H and O–H groups in total. The number of hydrogen-bond donors (Lipinski definition) is 1. The molecule has 0 bridgehead atoms. The zero-order valence-electron chi connectivity index (χ0n) is 10.1. The van der Waals surface area contributed by atoms with Crippen molar-refractivity contribution < 1.29 is 0 Å². The fourth-order valence-electron chi connectivity index (χ4n) is 2.72. The zero-order valence-corrected chi connectivity index (χ0v) is 10.1. The Balaban J connectivity index is 1.89. The van der Waals surface area contributed by atoms with Crippen LogP contribution in [-0.2, 0) is 12.8 Å². The van der Waals surface area contributed by atoms with Gasteiger partial charge in [-0.15, -0.1) is 0 Å². The SMILES string of the molecule is CNc1nccn1C1CCc2ccccc2C1. The maximum absolute atomic E-state index is 4.32. The van der Waals surface area contributed by atoms with E-state index < -0.39 is 0 Å². The number of fused-ring (bicyclic) bond motifs is 1. The molecule has 1 unspecified atom stereocenters. The normalized spacial score (nSPS) is 18.8. The maximum Gasteiger partial charge on any atom is 0.202 e. The van der Waals surface area contributed by atoms with E-state index in [-0.39, 0.29) is 0 Å². The second kappa shape index (κ2) is 4.24. The first-order valence-corrected chi connectivity index (χ1v) is 6.16. The van der Waals surface area contributed by atoms with Crippen molar-refractivity contribution in [2.24, 2.45) is 0 Å². The molecule has 1 atom stereocenters. The number of anilines is 1. The molecule has 17 heavy (non-hydrogen) atoms. The number of nitrogens with zero attached hydrogens (tertiary/aromatic N) is 2. The summed E-state index contributed by atoms with van der Waals surface area (Å²) in [4.78, 5) is 4.32. The van der Waals surface area contributed by atoms with Gasteiger partial charge in [0.1, 0.15) is 0 Å². The van der Waals surface area contributed by atoms with Gasteiger partial charge in [0.15, 0.2) is 0 Å². The van der Waals surface area contributed by atoms with Crippen molar-refractivity contribution in [3.63, 3.8) is 0 Å². The molecule has 1 aliphatic rings. The van der Waals surface area contributed by atoms with Crippen LogP contribution in [0, 0.1) is 0 Å². The molecule has 1 aliphatic carbocycles. The van der Waals surface area contributed by atoms with Gasteiger partial charge in [-0.25, -0.2) is 4.98 Å². The van der Waals surface area contributed by atoms with Crippen LogP contribution in [0.25, 0.3) is 0 Å². The summed E-state index contributed by atoms with van der Waals surface area (Å²) in [6.45, 7) is 0. The highest BCUT2D eigenvalue weighted by Crippen LogP contribution is 2.30. The third kappa shape index (κ3) is 1.82. The Kier molecular flexibility index (Phi) is 2.59. The average Bonchev–Trinajstić information content (AvgIpc) is 2.86. The Morgan fingerprint density at radius 2 is 2.12 bits per heavy atom. The average molecular weight is 227 g/mol. The number of aromatic nitrogens is 2. The molecule has 1 aromatic carbocycles. The highest BCUT2D eigenvalue weighted by atomic mass is 15.2. The van der Waals surface area contributed by atoms with Gasteiger partial charge in [0.2, 0.25) is 5.95 Å². The first kappa shape index (κ1) is 10.4. The predicted molar refractivity (Wildman–Crippen MR) is 69.3 cm³/mol. The molecular weight excluding hydrogens is 210 g/mol. The summed E-state index contributed by atoms with van der Waals surface area (Å²) in [5.41, 5.74) is 2.99. The Morgan fingerprint density at radius 1 is 1.29 bits per heavy atom. The minimum atomic E-state index is 0.537. The molecular formula is C14H17N3. The lowest BCUT2D eigenvalue weighted by Crippen LogP contribution is -2.19. The fraction of sp³-hybridized carbons (Fsp3) is 0.357. The van der Waals surface area contributed by atoms with Gasteiger partial charge in [0.05, 0.1) is 0 Å². The van der Waals surface area contributed by atoms with Gasteiger partial charge in [-0.2, -0.15) is 0 Å². The van der Waals surface area contributed by atoms with Crippen molar-refractivity contribution in [1.29, 1.82) is 0 Å². The van der Waals surface area contributed by atoms with E-state index in [4.69, 9.17) is 0 Å². The van der Waals surface area contributed by atoms with Crippen LogP contribution in [0.5, 0.6) is 0 Å². The molecule has 3 rings (SSSR count). The molecule has 0 saturated carbocycles. The van der Waals surface area contributed by atoms with E-state index in [2.05, 4.69) is 45.3 Å². The maximum atomic E-state index is 4.32. The Labute approximate surface area is 101 Å². The molecule has 3 heteroatoms. The summed E-state index contributed by atoms with van der Waals surface area (Å²) in [6, 6.07) is 9.30. The van der Waals surface area contributed by atoms with Crippen molar-refractivity contribution in [2.75, 3.05) is 12.4 Å². The molecule has 1 heterocycles. The molecule has 88 valence electrons.